The first-order chi connectivity index (χ1) is 14.5. The first-order valence-corrected chi connectivity index (χ1v) is 10.6. The molecule has 2 aromatic carbocycles. The van der Waals surface area contributed by atoms with Gasteiger partial charge in [0, 0.05) is 55.9 Å². The number of fused-ring (bicyclic) bond motifs is 2. The highest BCUT2D eigenvalue weighted by molar-refractivity contribution is 6.02. The topological polar surface area (TPSA) is 45.6 Å². The van der Waals surface area contributed by atoms with Crippen molar-refractivity contribution in [3.63, 3.8) is 0 Å². The molecule has 4 rings (SSSR count). The summed E-state index contributed by atoms with van der Waals surface area (Å²) < 4.78 is 2.08. The maximum Gasteiger partial charge on any atom is 0.254 e. The predicted octanol–water partition coefficient (Wildman–Crippen LogP) is 4.35. The summed E-state index contributed by atoms with van der Waals surface area (Å²) in [5, 5.41) is 1.08. The molecule has 0 radical (unpaired) electrons. The van der Waals surface area contributed by atoms with Gasteiger partial charge in [0.15, 0.2) is 0 Å². The number of rotatable bonds is 5. The van der Waals surface area contributed by atoms with Crippen LogP contribution < -0.4 is 0 Å². The zero-order valence-electron chi connectivity index (χ0n) is 18.1. The largest absolute Gasteiger partial charge is 0.350 e. The summed E-state index contributed by atoms with van der Waals surface area (Å²) >= 11 is 0. The van der Waals surface area contributed by atoms with E-state index in [0.717, 1.165) is 34.9 Å². The van der Waals surface area contributed by atoms with Gasteiger partial charge in [0.05, 0.1) is 12.0 Å². The minimum Gasteiger partial charge on any atom is -0.350 e. The van der Waals surface area contributed by atoms with E-state index >= 15 is 0 Å². The third-order valence-corrected chi connectivity index (χ3v) is 6.32. The molecule has 1 aromatic heterocycles. The minimum atomic E-state index is -0.434. The van der Waals surface area contributed by atoms with E-state index in [1.54, 1.807) is 4.90 Å². The highest BCUT2D eigenvalue weighted by Gasteiger charge is 2.44. The van der Waals surface area contributed by atoms with Crippen LogP contribution in [0.5, 0.6) is 0 Å². The number of benzene rings is 2. The summed E-state index contributed by atoms with van der Waals surface area (Å²) in [5.41, 5.74) is 3.56. The van der Waals surface area contributed by atoms with Gasteiger partial charge in [-0.1, -0.05) is 49.7 Å². The quantitative estimate of drug-likeness (QED) is 0.636. The number of carbonyl (C=O) groups is 2. The van der Waals surface area contributed by atoms with Gasteiger partial charge < -0.3 is 14.4 Å². The normalized spacial score (nSPS) is 18.5. The molecule has 5 heteroatoms. The Labute approximate surface area is 177 Å². The van der Waals surface area contributed by atoms with E-state index < -0.39 is 5.92 Å². The Morgan fingerprint density at radius 1 is 1.03 bits per heavy atom. The molecule has 156 valence electrons. The molecule has 2 amide bonds. The molecule has 0 aliphatic carbocycles. The van der Waals surface area contributed by atoms with Crippen molar-refractivity contribution in [1.82, 2.24) is 14.4 Å². The van der Waals surface area contributed by atoms with Gasteiger partial charge in [-0.2, -0.15) is 0 Å². The SMILES string of the molecule is CCCCN(C)C(=O)[C@@H]1c2ccccc2C(=O)N(C)[C@H]1c1cn(C)c2ccccc12. The van der Waals surface area contributed by atoms with Crippen molar-refractivity contribution in [2.45, 2.75) is 31.7 Å². The van der Waals surface area contributed by atoms with Crippen LogP contribution in [0.25, 0.3) is 10.9 Å². The number of nitrogens with zero attached hydrogens (tertiary/aromatic N) is 3. The van der Waals surface area contributed by atoms with Gasteiger partial charge in [0.2, 0.25) is 5.91 Å². The molecule has 0 bridgehead atoms. The monoisotopic (exact) mass is 403 g/mol. The van der Waals surface area contributed by atoms with Crippen molar-refractivity contribution >= 4 is 22.7 Å². The Morgan fingerprint density at radius 3 is 2.50 bits per heavy atom. The molecule has 0 saturated carbocycles. The fourth-order valence-corrected chi connectivity index (χ4v) is 4.68. The van der Waals surface area contributed by atoms with E-state index in [4.69, 9.17) is 0 Å². The van der Waals surface area contributed by atoms with E-state index in [1.807, 2.05) is 62.4 Å². The minimum absolute atomic E-state index is 0.0382. The van der Waals surface area contributed by atoms with Crippen LogP contribution in [0.3, 0.4) is 0 Å². The molecule has 3 aromatic rings. The van der Waals surface area contributed by atoms with E-state index in [2.05, 4.69) is 29.8 Å². The van der Waals surface area contributed by atoms with Crippen molar-refractivity contribution in [1.29, 1.82) is 0 Å². The first-order valence-electron chi connectivity index (χ1n) is 10.6. The third-order valence-electron chi connectivity index (χ3n) is 6.32. The lowest BCUT2D eigenvalue weighted by molar-refractivity contribution is -0.133. The molecule has 30 heavy (non-hydrogen) atoms. The summed E-state index contributed by atoms with van der Waals surface area (Å²) in [6.07, 6.45) is 4.06. The number of hydrogen-bond donors (Lipinski definition) is 0. The average molecular weight is 404 g/mol. The molecule has 1 aliphatic heterocycles. The number of aryl methyl sites for hydroxylation is 1. The fraction of sp³-hybridized carbons (Fsp3) is 0.360. The van der Waals surface area contributed by atoms with E-state index in [-0.39, 0.29) is 17.9 Å². The number of amides is 2. The standard InChI is InChI=1S/C25H29N3O2/c1-5-6-15-26(2)25(30)22-18-12-7-8-13-19(18)24(29)28(4)23(22)20-16-27(3)21-14-10-9-11-17(20)21/h7-14,16,22-23H,5-6,15H2,1-4H3/t22-,23+/m1/s1. The van der Waals surface area contributed by atoms with Crippen LogP contribution >= 0.6 is 0 Å². The lowest BCUT2D eigenvalue weighted by atomic mass is 9.79. The lowest BCUT2D eigenvalue weighted by Gasteiger charge is -2.40. The highest BCUT2D eigenvalue weighted by atomic mass is 16.2. The van der Waals surface area contributed by atoms with Gasteiger partial charge in [-0.3, -0.25) is 9.59 Å². The molecule has 0 N–H and O–H groups in total. The molecule has 0 spiro atoms. The van der Waals surface area contributed by atoms with E-state index in [0.29, 0.717) is 12.1 Å². The van der Waals surface area contributed by atoms with Crippen LogP contribution in [-0.4, -0.2) is 46.8 Å². The summed E-state index contributed by atoms with van der Waals surface area (Å²) in [7, 11) is 5.70. The number of aromatic nitrogens is 1. The van der Waals surface area contributed by atoms with Crippen LogP contribution in [0.1, 0.15) is 53.2 Å². The molecule has 2 atom stereocenters. The molecule has 0 unspecified atom stereocenters. The second-order valence-corrected chi connectivity index (χ2v) is 8.25. The summed E-state index contributed by atoms with van der Waals surface area (Å²) in [4.78, 5) is 30.6. The van der Waals surface area contributed by atoms with Crippen molar-refractivity contribution in [2.24, 2.45) is 7.05 Å². The molecular formula is C25H29N3O2. The molecule has 5 nitrogen and oxygen atoms in total. The maximum absolute atomic E-state index is 13.7. The van der Waals surface area contributed by atoms with Crippen LogP contribution in [0.15, 0.2) is 54.7 Å². The van der Waals surface area contributed by atoms with Crippen molar-refractivity contribution in [2.75, 3.05) is 20.6 Å². The zero-order valence-corrected chi connectivity index (χ0v) is 18.1. The first kappa shape index (κ1) is 20.2. The van der Waals surface area contributed by atoms with Crippen molar-refractivity contribution in [3.8, 4) is 0 Å². The number of hydrogen-bond acceptors (Lipinski definition) is 2. The van der Waals surface area contributed by atoms with Crippen molar-refractivity contribution < 1.29 is 9.59 Å². The number of carbonyl (C=O) groups excluding carboxylic acids is 2. The predicted molar refractivity (Wildman–Crippen MR) is 119 cm³/mol. The Kier molecular flexibility index (Phi) is 5.37. The number of unbranched alkanes of at least 4 members (excludes halogenated alkanes) is 1. The van der Waals surface area contributed by atoms with Gasteiger partial charge in [0.25, 0.3) is 5.91 Å². The van der Waals surface area contributed by atoms with Crippen LogP contribution in [-0.2, 0) is 11.8 Å². The molecule has 0 saturated heterocycles. The van der Waals surface area contributed by atoms with Gasteiger partial charge in [-0.05, 0) is 24.1 Å². The Balaban J connectivity index is 1.90. The van der Waals surface area contributed by atoms with Gasteiger partial charge in [-0.25, -0.2) is 0 Å². The molecule has 0 fully saturated rings. The van der Waals surface area contributed by atoms with E-state index in [1.165, 1.54) is 0 Å². The third kappa shape index (κ3) is 3.18. The number of para-hydroxylation sites is 1. The molecular weight excluding hydrogens is 374 g/mol. The Hall–Kier alpha value is -3.08. The Bertz CT molecular complexity index is 1100. The summed E-state index contributed by atoms with van der Waals surface area (Å²) in [6.45, 7) is 2.84. The van der Waals surface area contributed by atoms with E-state index in [9.17, 15) is 9.59 Å². The maximum atomic E-state index is 13.7. The smallest absolute Gasteiger partial charge is 0.254 e. The van der Waals surface area contributed by atoms with Gasteiger partial charge in [0.1, 0.15) is 0 Å². The van der Waals surface area contributed by atoms with Gasteiger partial charge in [-0.15, -0.1) is 0 Å². The highest BCUT2D eigenvalue weighted by Crippen LogP contribution is 2.45. The second kappa shape index (κ2) is 7.98. The summed E-state index contributed by atoms with van der Waals surface area (Å²) in [6, 6.07) is 15.4. The molecule has 2 heterocycles. The molecule has 1 aliphatic rings. The van der Waals surface area contributed by atoms with Crippen molar-refractivity contribution in [3.05, 3.63) is 71.4 Å². The number of likely N-dealkylation sites (N-methyl/N-ethyl adjacent to an activating group) is 2. The van der Waals surface area contributed by atoms with Crippen LogP contribution in [0.4, 0.5) is 0 Å². The average Bonchev–Trinajstić information content (AvgIpc) is 3.10. The lowest BCUT2D eigenvalue weighted by Crippen LogP contribution is -2.46. The Morgan fingerprint density at radius 2 is 1.73 bits per heavy atom. The van der Waals surface area contributed by atoms with Crippen LogP contribution in [0, 0.1) is 0 Å². The van der Waals surface area contributed by atoms with Gasteiger partial charge >= 0.3 is 0 Å². The fourth-order valence-electron chi connectivity index (χ4n) is 4.68. The second-order valence-electron chi connectivity index (χ2n) is 8.25. The zero-order chi connectivity index (χ0) is 21.4. The van der Waals surface area contributed by atoms with Crippen LogP contribution in [0.2, 0.25) is 0 Å². The summed E-state index contributed by atoms with van der Waals surface area (Å²) in [5.74, 6) is -0.409.